The lowest BCUT2D eigenvalue weighted by atomic mass is 10.1. The minimum atomic E-state index is -0.383. The third kappa shape index (κ3) is 1.87. The molecule has 0 spiro atoms. The van der Waals surface area contributed by atoms with Crippen molar-refractivity contribution >= 4 is 34.5 Å². The molecule has 0 aliphatic heterocycles. The Morgan fingerprint density at radius 3 is 2.72 bits per heavy atom. The summed E-state index contributed by atoms with van der Waals surface area (Å²) in [6.45, 7) is 0. The first-order valence-corrected chi connectivity index (χ1v) is 6.78. The average molecular weight is 297 g/mol. The molecule has 0 N–H and O–H groups in total. The third-order valence-electron chi connectivity index (χ3n) is 2.83. The Kier molecular flexibility index (Phi) is 2.74. The van der Waals surface area contributed by atoms with E-state index < -0.39 is 0 Å². The molecule has 0 saturated heterocycles. The molecule has 0 unspecified atom stereocenters. The second-order valence-corrected chi connectivity index (χ2v) is 5.84. The Hall–Kier alpha value is -1.22. The number of nitrogens with zero attached hydrogens (tertiary/aromatic N) is 4. The number of rotatable bonds is 2. The van der Waals surface area contributed by atoms with Crippen molar-refractivity contribution < 1.29 is 0 Å². The lowest BCUT2D eigenvalue weighted by Gasteiger charge is -2.00. The molecule has 0 bridgehead atoms. The van der Waals surface area contributed by atoms with Crippen molar-refractivity contribution in [3.05, 3.63) is 27.7 Å². The van der Waals surface area contributed by atoms with Crippen LogP contribution in [-0.4, -0.2) is 15.0 Å². The predicted molar refractivity (Wildman–Crippen MR) is 69.7 cm³/mol. The van der Waals surface area contributed by atoms with Gasteiger partial charge in [-0.1, -0.05) is 11.6 Å². The van der Waals surface area contributed by atoms with Crippen LogP contribution in [0.15, 0.2) is 12.4 Å². The van der Waals surface area contributed by atoms with Crippen LogP contribution in [0.5, 0.6) is 0 Å². The molecular weight excluding hydrogens is 291 g/mol. The molecule has 18 heavy (non-hydrogen) atoms. The normalized spacial score (nSPS) is 16.3. The van der Waals surface area contributed by atoms with Gasteiger partial charge in [0.25, 0.3) is 0 Å². The minimum Gasteiger partial charge on any atom is -0.247 e. The summed E-state index contributed by atoms with van der Waals surface area (Å²) >= 11 is 13.2. The molecular formula is C11H6Cl2N4S. The van der Waals surface area contributed by atoms with Crippen molar-refractivity contribution in [3.8, 4) is 16.6 Å². The Bertz CT molecular complexity index is 657. The van der Waals surface area contributed by atoms with E-state index in [2.05, 4.69) is 21.0 Å². The van der Waals surface area contributed by atoms with Crippen LogP contribution in [0.1, 0.15) is 17.8 Å². The molecule has 1 fully saturated rings. The Morgan fingerprint density at radius 2 is 2.06 bits per heavy atom. The molecule has 2 aromatic heterocycles. The van der Waals surface area contributed by atoms with Crippen molar-refractivity contribution in [1.82, 2.24) is 15.0 Å². The highest BCUT2D eigenvalue weighted by atomic mass is 35.5. The van der Waals surface area contributed by atoms with Gasteiger partial charge in [-0.25, -0.2) is 15.0 Å². The maximum Gasteiger partial charge on any atom is 0.223 e. The molecule has 0 amide bonds. The van der Waals surface area contributed by atoms with E-state index in [0.717, 1.165) is 22.7 Å². The fourth-order valence-electron chi connectivity index (χ4n) is 1.62. The lowest BCUT2D eigenvalue weighted by molar-refractivity contribution is 0.890. The van der Waals surface area contributed by atoms with Crippen LogP contribution in [0.3, 0.4) is 0 Å². The van der Waals surface area contributed by atoms with Gasteiger partial charge in [-0.3, -0.25) is 0 Å². The number of nitriles is 1. The van der Waals surface area contributed by atoms with Crippen LogP contribution in [0.25, 0.3) is 10.6 Å². The first kappa shape index (κ1) is 11.8. The molecule has 4 nitrogen and oxygen atoms in total. The average Bonchev–Trinajstić information content (AvgIpc) is 3.02. The summed E-state index contributed by atoms with van der Waals surface area (Å²) < 4.78 is 0. The summed E-state index contributed by atoms with van der Waals surface area (Å²) in [6.07, 6.45) is 4.88. The number of hydrogen-bond donors (Lipinski definition) is 0. The first-order chi connectivity index (χ1) is 8.64. The van der Waals surface area contributed by atoms with Gasteiger partial charge in [-0.2, -0.15) is 5.26 Å². The largest absolute Gasteiger partial charge is 0.247 e. The molecule has 90 valence electrons. The van der Waals surface area contributed by atoms with Crippen LogP contribution in [0, 0.1) is 11.3 Å². The van der Waals surface area contributed by atoms with Gasteiger partial charge in [0.1, 0.15) is 16.1 Å². The summed E-state index contributed by atoms with van der Waals surface area (Å²) in [4.78, 5) is 13.0. The third-order valence-corrected chi connectivity index (χ3v) is 4.49. The van der Waals surface area contributed by atoms with Gasteiger partial charge >= 0.3 is 0 Å². The van der Waals surface area contributed by atoms with Crippen LogP contribution in [-0.2, 0) is 5.41 Å². The standard InChI is InChI=1S/C11H6Cl2N4S/c12-6-3-16-10(13)17-8(6)7-4-15-9(18-7)11(5-14)1-2-11/h3-4H,1-2H2. The molecule has 2 aromatic rings. The van der Waals surface area contributed by atoms with Gasteiger partial charge in [-0.05, 0) is 24.4 Å². The zero-order chi connectivity index (χ0) is 12.8. The zero-order valence-corrected chi connectivity index (χ0v) is 11.4. The van der Waals surface area contributed by atoms with Gasteiger partial charge in [0, 0.05) is 6.20 Å². The van der Waals surface area contributed by atoms with Crippen LogP contribution in [0.2, 0.25) is 10.3 Å². The summed E-state index contributed by atoms with van der Waals surface area (Å²) in [5.74, 6) is 0. The monoisotopic (exact) mass is 296 g/mol. The molecule has 0 aromatic carbocycles. The van der Waals surface area contributed by atoms with E-state index in [4.69, 9.17) is 28.5 Å². The summed E-state index contributed by atoms with van der Waals surface area (Å²) in [7, 11) is 0. The second kappa shape index (κ2) is 4.16. The molecule has 0 radical (unpaired) electrons. The van der Waals surface area contributed by atoms with E-state index in [1.807, 2.05) is 0 Å². The highest BCUT2D eigenvalue weighted by molar-refractivity contribution is 7.15. The van der Waals surface area contributed by atoms with Crippen molar-refractivity contribution in [2.24, 2.45) is 0 Å². The van der Waals surface area contributed by atoms with Gasteiger partial charge < -0.3 is 0 Å². The molecule has 3 rings (SSSR count). The van der Waals surface area contributed by atoms with E-state index in [0.29, 0.717) is 10.7 Å². The Balaban J connectivity index is 2.04. The topological polar surface area (TPSA) is 62.5 Å². The molecule has 0 atom stereocenters. The molecule has 1 aliphatic carbocycles. The van der Waals surface area contributed by atoms with E-state index in [-0.39, 0.29) is 10.7 Å². The molecule has 1 saturated carbocycles. The van der Waals surface area contributed by atoms with Gasteiger partial charge in [0.2, 0.25) is 5.28 Å². The lowest BCUT2D eigenvalue weighted by Crippen LogP contribution is -2.00. The maximum atomic E-state index is 9.13. The first-order valence-electron chi connectivity index (χ1n) is 5.21. The number of halogens is 2. The Morgan fingerprint density at radius 1 is 1.28 bits per heavy atom. The van der Waals surface area contributed by atoms with Gasteiger partial charge in [0.05, 0.1) is 22.2 Å². The number of hydrogen-bond acceptors (Lipinski definition) is 5. The van der Waals surface area contributed by atoms with Crippen LogP contribution in [0.4, 0.5) is 0 Å². The van der Waals surface area contributed by atoms with Crippen LogP contribution >= 0.6 is 34.5 Å². The number of thiazole rings is 1. The van der Waals surface area contributed by atoms with Crippen molar-refractivity contribution in [1.29, 1.82) is 5.26 Å². The molecule has 2 heterocycles. The predicted octanol–water partition coefficient (Wildman–Crippen LogP) is 3.46. The van der Waals surface area contributed by atoms with E-state index in [1.165, 1.54) is 17.5 Å². The smallest absolute Gasteiger partial charge is 0.223 e. The molecule has 1 aliphatic rings. The Labute approximate surface area is 117 Å². The molecule has 7 heteroatoms. The minimum absolute atomic E-state index is 0.144. The zero-order valence-electron chi connectivity index (χ0n) is 9.02. The highest BCUT2D eigenvalue weighted by Crippen LogP contribution is 2.49. The van der Waals surface area contributed by atoms with Crippen molar-refractivity contribution in [3.63, 3.8) is 0 Å². The van der Waals surface area contributed by atoms with Crippen molar-refractivity contribution in [2.45, 2.75) is 18.3 Å². The van der Waals surface area contributed by atoms with Gasteiger partial charge in [0.15, 0.2) is 0 Å². The fourth-order valence-corrected chi connectivity index (χ4v) is 3.12. The highest BCUT2D eigenvalue weighted by Gasteiger charge is 2.47. The van der Waals surface area contributed by atoms with Gasteiger partial charge in [-0.15, -0.1) is 11.3 Å². The quantitative estimate of drug-likeness (QED) is 0.796. The van der Waals surface area contributed by atoms with E-state index >= 15 is 0 Å². The van der Waals surface area contributed by atoms with E-state index in [1.54, 1.807) is 6.20 Å². The number of aromatic nitrogens is 3. The summed E-state index contributed by atoms with van der Waals surface area (Å²) in [5.41, 5.74) is 0.181. The van der Waals surface area contributed by atoms with Crippen molar-refractivity contribution in [2.75, 3.05) is 0 Å². The van der Waals surface area contributed by atoms with Crippen LogP contribution < -0.4 is 0 Å². The second-order valence-electron chi connectivity index (χ2n) is 4.06. The van der Waals surface area contributed by atoms with E-state index in [9.17, 15) is 0 Å². The fraction of sp³-hybridized carbons (Fsp3) is 0.273. The summed E-state index contributed by atoms with van der Waals surface area (Å²) in [6, 6.07) is 2.32. The maximum absolute atomic E-state index is 9.13. The summed E-state index contributed by atoms with van der Waals surface area (Å²) in [5, 5.41) is 10.5. The SMILES string of the molecule is N#CC1(c2ncc(-c3nc(Cl)ncc3Cl)s2)CC1.